The van der Waals surface area contributed by atoms with Crippen LogP contribution >= 0.6 is 0 Å². The topological polar surface area (TPSA) is 139 Å². The van der Waals surface area contributed by atoms with E-state index < -0.39 is 18.4 Å². The first-order chi connectivity index (χ1) is 7.66. The minimum atomic E-state index is -1.53. The summed E-state index contributed by atoms with van der Waals surface area (Å²) in [5, 5.41) is 28.3. The van der Waals surface area contributed by atoms with Crippen LogP contribution < -0.4 is 5.43 Å². The largest absolute Gasteiger partial charge is 0.479 e. The predicted molar refractivity (Wildman–Crippen MR) is 51.4 cm³/mol. The molecule has 0 aromatic carbocycles. The zero-order chi connectivity index (χ0) is 11.5. The molecule has 2 heterocycles. The maximum absolute atomic E-state index is 9.38. The molecule has 1 unspecified atom stereocenters. The Morgan fingerprint density at radius 2 is 1.94 bits per heavy atom. The highest BCUT2D eigenvalue weighted by Crippen LogP contribution is 2.06. The third kappa shape index (κ3) is 1.95. The van der Waals surface area contributed by atoms with Crippen LogP contribution in [-0.4, -0.2) is 53.7 Å². The molecule has 0 saturated heterocycles. The van der Waals surface area contributed by atoms with E-state index in [-0.39, 0.29) is 5.95 Å². The van der Waals surface area contributed by atoms with Crippen LogP contribution in [0.3, 0.4) is 0 Å². The third-order valence-corrected chi connectivity index (χ3v) is 1.59. The lowest BCUT2D eigenvalue weighted by Crippen LogP contribution is -2.46. The van der Waals surface area contributed by atoms with Crippen molar-refractivity contribution in [3.63, 3.8) is 0 Å². The van der Waals surface area contributed by atoms with Gasteiger partial charge < -0.3 is 15.3 Å². The quantitative estimate of drug-likeness (QED) is 0.482. The van der Waals surface area contributed by atoms with Crippen molar-refractivity contribution in [2.75, 3.05) is 5.43 Å². The van der Waals surface area contributed by atoms with Crippen LogP contribution in [0.25, 0.3) is 0 Å². The fourth-order valence-electron chi connectivity index (χ4n) is 0.949. The summed E-state index contributed by atoms with van der Waals surface area (Å²) in [6.07, 6.45) is 0.913. The highest BCUT2D eigenvalue weighted by atomic mass is 16.4. The number of aromatic nitrogens is 3. The standard InChI is InChI=1S/C6H7N7O3/c14-4-10-5(15)13(6(16)11-4)12-3-8-1-7-2-9-3/h1-2,5,15H,(H,7,8,9,12)(H2,10,11,14,16). The summed E-state index contributed by atoms with van der Waals surface area (Å²) in [5.74, 6) is 0.0763. The van der Waals surface area contributed by atoms with Crippen molar-refractivity contribution >= 4 is 18.0 Å². The van der Waals surface area contributed by atoms with E-state index in [1.807, 2.05) is 0 Å². The van der Waals surface area contributed by atoms with Crippen molar-refractivity contribution in [3.8, 4) is 0 Å². The summed E-state index contributed by atoms with van der Waals surface area (Å²) in [7, 11) is 0. The molecule has 0 spiro atoms. The maximum atomic E-state index is 9.38. The molecule has 0 amide bonds. The van der Waals surface area contributed by atoms with E-state index in [2.05, 4.69) is 30.4 Å². The average Bonchev–Trinajstić information content (AvgIpc) is 2.25. The van der Waals surface area contributed by atoms with E-state index in [0.717, 1.165) is 5.01 Å². The second-order valence-corrected chi connectivity index (χ2v) is 2.63. The average molecular weight is 225 g/mol. The molecular formula is C6H7N7O3. The molecule has 10 nitrogen and oxygen atoms in total. The molecule has 10 heteroatoms. The molecule has 0 aliphatic carbocycles. The summed E-state index contributed by atoms with van der Waals surface area (Å²) in [5.41, 5.74) is 2.42. The van der Waals surface area contributed by atoms with Crippen LogP contribution in [-0.2, 0) is 0 Å². The lowest BCUT2D eigenvalue weighted by atomic mass is 10.7. The number of rotatable bonds is 2. The molecule has 0 fully saturated rings. The minimum absolute atomic E-state index is 0.0763. The zero-order valence-electron chi connectivity index (χ0n) is 7.76. The van der Waals surface area contributed by atoms with E-state index in [4.69, 9.17) is 5.11 Å². The molecule has 1 aliphatic rings. The highest BCUT2D eigenvalue weighted by Gasteiger charge is 2.25. The van der Waals surface area contributed by atoms with Gasteiger partial charge in [0.15, 0.2) is 0 Å². The number of aliphatic hydroxyl groups is 3. The van der Waals surface area contributed by atoms with Gasteiger partial charge >= 0.3 is 12.0 Å². The molecule has 1 aliphatic heterocycles. The van der Waals surface area contributed by atoms with Gasteiger partial charge in [0, 0.05) is 0 Å². The summed E-state index contributed by atoms with van der Waals surface area (Å²) in [6.45, 7) is 0. The number of aliphatic hydroxyl groups excluding tert-OH is 3. The van der Waals surface area contributed by atoms with Gasteiger partial charge in [0.1, 0.15) is 12.7 Å². The summed E-state index contributed by atoms with van der Waals surface area (Å²) in [6, 6.07) is -1.39. The number of anilines is 1. The Balaban J connectivity index is 2.15. The summed E-state index contributed by atoms with van der Waals surface area (Å²) in [4.78, 5) is 17.5. The molecule has 1 aromatic heterocycles. The first-order valence-corrected chi connectivity index (χ1v) is 4.07. The SMILES string of the molecule is OC1=NC(O)N(Nc2ncncn2)C(O)=N1. The van der Waals surface area contributed by atoms with Gasteiger partial charge in [-0.25, -0.2) is 4.98 Å². The van der Waals surface area contributed by atoms with Crippen molar-refractivity contribution < 1.29 is 15.3 Å². The first kappa shape index (κ1) is 10.0. The van der Waals surface area contributed by atoms with Gasteiger partial charge in [-0.2, -0.15) is 20.0 Å². The number of hydrogen-bond donors (Lipinski definition) is 4. The molecule has 4 N–H and O–H groups in total. The highest BCUT2D eigenvalue weighted by molar-refractivity contribution is 5.89. The monoisotopic (exact) mass is 225 g/mol. The van der Waals surface area contributed by atoms with Gasteiger partial charge in [0.2, 0.25) is 5.95 Å². The number of aliphatic imine (C=N–C) groups is 2. The second-order valence-electron chi connectivity index (χ2n) is 2.63. The fraction of sp³-hybridized carbons (Fsp3) is 0.167. The van der Waals surface area contributed by atoms with Gasteiger partial charge in [-0.3, -0.25) is 5.43 Å². The minimum Gasteiger partial charge on any atom is -0.479 e. The van der Waals surface area contributed by atoms with Crippen LogP contribution in [0, 0.1) is 0 Å². The molecule has 0 radical (unpaired) electrons. The number of amidine groups is 2. The predicted octanol–water partition coefficient (Wildman–Crippen LogP) is -1.38. The van der Waals surface area contributed by atoms with E-state index in [1.54, 1.807) is 0 Å². The molecule has 1 atom stereocenters. The Morgan fingerprint density at radius 3 is 2.56 bits per heavy atom. The van der Waals surface area contributed by atoms with E-state index in [9.17, 15) is 10.2 Å². The van der Waals surface area contributed by atoms with Gasteiger partial charge in [-0.15, -0.1) is 4.99 Å². The molecular weight excluding hydrogens is 218 g/mol. The van der Waals surface area contributed by atoms with E-state index in [1.165, 1.54) is 12.7 Å². The smallest absolute Gasteiger partial charge is 0.318 e. The first-order valence-electron chi connectivity index (χ1n) is 4.07. The van der Waals surface area contributed by atoms with Crippen LogP contribution in [0.15, 0.2) is 22.6 Å². The normalized spacial score (nSPS) is 20.1. The van der Waals surface area contributed by atoms with Crippen molar-refractivity contribution in [2.45, 2.75) is 6.35 Å². The zero-order valence-corrected chi connectivity index (χ0v) is 7.76. The molecule has 0 bridgehead atoms. The maximum Gasteiger partial charge on any atom is 0.318 e. The molecule has 1 aromatic rings. The summed E-state index contributed by atoms with van der Waals surface area (Å²) < 4.78 is 0. The Labute approximate surface area is 88.6 Å². The Hall–Kier alpha value is -2.49. The van der Waals surface area contributed by atoms with Crippen LogP contribution in [0.2, 0.25) is 0 Å². The Morgan fingerprint density at radius 1 is 1.25 bits per heavy atom. The van der Waals surface area contributed by atoms with E-state index in [0.29, 0.717) is 0 Å². The van der Waals surface area contributed by atoms with Crippen molar-refractivity contribution in [1.82, 2.24) is 20.0 Å². The van der Waals surface area contributed by atoms with E-state index >= 15 is 0 Å². The Kier molecular flexibility index (Phi) is 2.47. The molecule has 84 valence electrons. The van der Waals surface area contributed by atoms with Crippen LogP contribution in [0.1, 0.15) is 0 Å². The fourth-order valence-corrected chi connectivity index (χ4v) is 0.949. The lowest BCUT2D eigenvalue weighted by Gasteiger charge is -2.26. The van der Waals surface area contributed by atoms with Crippen LogP contribution in [0.5, 0.6) is 0 Å². The van der Waals surface area contributed by atoms with Gasteiger partial charge in [0.05, 0.1) is 0 Å². The van der Waals surface area contributed by atoms with Gasteiger partial charge in [-0.1, -0.05) is 0 Å². The van der Waals surface area contributed by atoms with Crippen molar-refractivity contribution in [1.29, 1.82) is 0 Å². The number of hydrogen-bond acceptors (Lipinski definition) is 8. The summed E-state index contributed by atoms with van der Waals surface area (Å²) >= 11 is 0. The van der Waals surface area contributed by atoms with Crippen LogP contribution in [0.4, 0.5) is 5.95 Å². The molecule has 2 rings (SSSR count). The molecule has 16 heavy (non-hydrogen) atoms. The van der Waals surface area contributed by atoms with Gasteiger partial charge in [-0.05, 0) is 0 Å². The number of hydrazine groups is 1. The molecule has 0 saturated carbocycles. The Bertz CT molecular complexity index is 433. The third-order valence-electron chi connectivity index (χ3n) is 1.59. The second kappa shape index (κ2) is 3.94. The van der Waals surface area contributed by atoms with Gasteiger partial charge in [0.25, 0.3) is 6.35 Å². The number of nitrogens with one attached hydrogen (secondary N) is 1. The lowest BCUT2D eigenvalue weighted by molar-refractivity contribution is 0.0587. The van der Waals surface area contributed by atoms with Crippen molar-refractivity contribution in [2.24, 2.45) is 9.98 Å². The van der Waals surface area contributed by atoms with Crippen molar-refractivity contribution in [3.05, 3.63) is 12.7 Å². The number of nitrogens with zero attached hydrogens (tertiary/aromatic N) is 6.